The van der Waals surface area contributed by atoms with Crippen LogP contribution in [0.25, 0.3) is 10.2 Å². The van der Waals surface area contributed by atoms with E-state index in [2.05, 4.69) is 21.4 Å². The Morgan fingerprint density at radius 3 is 3.15 bits per heavy atom. The Morgan fingerprint density at radius 1 is 1.45 bits per heavy atom. The van der Waals surface area contributed by atoms with Gasteiger partial charge in [0, 0.05) is 12.8 Å². The smallest absolute Gasteiger partial charge is 0.226 e. The number of aryl methyl sites for hydroxylation is 2. The second-order valence-electron chi connectivity index (χ2n) is 4.52. The first-order valence-electron chi connectivity index (χ1n) is 6.25. The van der Waals surface area contributed by atoms with Crippen LogP contribution in [0.2, 0.25) is 0 Å². The van der Waals surface area contributed by atoms with Crippen molar-refractivity contribution < 1.29 is 9.21 Å². The van der Waals surface area contributed by atoms with Gasteiger partial charge in [0.15, 0.2) is 11.5 Å². The summed E-state index contributed by atoms with van der Waals surface area (Å²) in [7, 11) is 0. The molecule has 102 valence electrons. The lowest BCUT2D eigenvalue weighted by Gasteiger charge is -1.99. The van der Waals surface area contributed by atoms with E-state index in [4.69, 9.17) is 4.42 Å². The molecule has 0 saturated carbocycles. The molecule has 0 unspecified atom stereocenters. The first-order chi connectivity index (χ1) is 9.70. The highest BCUT2D eigenvalue weighted by atomic mass is 32.1. The highest BCUT2D eigenvalue weighted by molar-refractivity contribution is 7.22. The summed E-state index contributed by atoms with van der Waals surface area (Å²) in [4.78, 5) is 20.2. The predicted molar refractivity (Wildman–Crippen MR) is 77.8 cm³/mol. The van der Waals surface area contributed by atoms with Crippen molar-refractivity contribution in [2.45, 2.75) is 19.8 Å². The molecule has 0 aliphatic heterocycles. The van der Waals surface area contributed by atoms with E-state index in [0.29, 0.717) is 18.0 Å². The minimum atomic E-state index is -0.0659. The number of hydrogen-bond acceptors (Lipinski definition) is 5. The number of nitrogens with zero attached hydrogens (tertiary/aromatic N) is 2. The average molecular weight is 287 g/mol. The Bertz CT molecular complexity index is 734. The number of oxazole rings is 1. The summed E-state index contributed by atoms with van der Waals surface area (Å²) in [6.07, 6.45) is 3.84. The van der Waals surface area contributed by atoms with Gasteiger partial charge in [-0.25, -0.2) is 9.97 Å². The highest BCUT2D eigenvalue weighted by Crippen LogP contribution is 2.26. The van der Waals surface area contributed by atoms with E-state index in [1.54, 1.807) is 6.26 Å². The van der Waals surface area contributed by atoms with Crippen molar-refractivity contribution in [1.82, 2.24) is 9.97 Å². The van der Waals surface area contributed by atoms with E-state index in [9.17, 15) is 4.79 Å². The summed E-state index contributed by atoms with van der Waals surface area (Å²) < 4.78 is 5.94. The molecule has 0 fully saturated rings. The Hall–Kier alpha value is -2.21. The monoisotopic (exact) mass is 287 g/mol. The van der Waals surface area contributed by atoms with Gasteiger partial charge in [-0.15, -0.1) is 0 Å². The van der Waals surface area contributed by atoms with Gasteiger partial charge in [0.05, 0.1) is 15.9 Å². The Kier molecular flexibility index (Phi) is 3.47. The van der Waals surface area contributed by atoms with Gasteiger partial charge in [0.25, 0.3) is 0 Å². The summed E-state index contributed by atoms with van der Waals surface area (Å²) in [6, 6.07) is 6.04. The number of hydrogen-bond donors (Lipinski definition) is 1. The first-order valence-corrected chi connectivity index (χ1v) is 7.06. The minimum Gasteiger partial charge on any atom is -0.451 e. The summed E-state index contributed by atoms with van der Waals surface area (Å²) in [5, 5.41) is 3.46. The Morgan fingerprint density at radius 2 is 2.35 bits per heavy atom. The summed E-state index contributed by atoms with van der Waals surface area (Å²) >= 11 is 1.49. The molecule has 0 saturated heterocycles. The zero-order chi connectivity index (χ0) is 13.9. The number of carbonyl (C=O) groups excluding carboxylic acids is 1. The van der Waals surface area contributed by atoms with Gasteiger partial charge >= 0.3 is 0 Å². The standard InChI is InChI=1S/C14H13N3O2S/c1-9-2-4-11-12(6-9)20-14(16-11)17-13(18)5-3-10-7-19-8-15-10/h2,4,6-8H,3,5H2,1H3,(H,16,17,18). The fourth-order valence-electron chi connectivity index (χ4n) is 1.87. The quantitative estimate of drug-likeness (QED) is 0.800. The van der Waals surface area contributed by atoms with Crippen LogP contribution in [0.4, 0.5) is 5.13 Å². The molecule has 0 atom stereocenters. The Labute approximate surface area is 119 Å². The van der Waals surface area contributed by atoms with E-state index in [1.807, 2.05) is 19.1 Å². The molecule has 6 heteroatoms. The molecule has 0 bridgehead atoms. The lowest BCUT2D eigenvalue weighted by atomic mass is 10.2. The van der Waals surface area contributed by atoms with Crippen molar-refractivity contribution >= 4 is 32.6 Å². The van der Waals surface area contributed by atoms with Crippen molar-refractivity contribution in [1.29, 1.82) is 0 Å². The van der Waals surface area contributed by atoms with Crippen LogP contribution in [0.5, 0.6) is 0 Å². The number of aromatic nitrogens is 2. The lowest BCUT2D eigenvalue weighted by molar-refractivity contribution is -0.116. The fraction of sp³-hybridized carbons (Fsp3) is 0.214. The van der Waals surface area contributed by atoms with Crippen molar-refractivity contribution in [2.75, 3.05) is 5.32 Å². The van der Waals surface area contributed by atoms with Crippen molar-refractivity contribution in [3.63, 3.8) is 0 Å². The van der Waals surface area contributed by atoms with Crippen molar-refractivity contribution in [3.05, 3.63) is 42.1 Å². The van der Waals surface area contributed by atoms with Crippen LogP contribution in [-0.4, -0.2) is 15.9 Å². The highest BCUT2D eigenvalue weighted by Gasteiger charge is 2.09. The molecule has 0 spiro atoms. The normalized spacial score (nSPS) is 10.8. The van der Waals surface area contributed by atoms with E-state index in [1.165, 1.54) is 23.3 Å². The van der Waals surface area contributed by atoms with Crippen molar-refractivity contribution in [3.8, 4) is 0 Å². The van der Waals surface area contributed by atoms with Crippen LogP contribution in [0.3, 0.4) is 0 Å². The molecular formula is C14H13N3O2S. The molecule has 0 aliphatic rings. The third-order valence-corrected chi connectivity index (χ3v) is 3.82. The topological polar surface area (TPSA) is 68.0 Å². The van der Waals surface area contributed by atoms with Gasteiger partial charge in [0.2, 0.25) is 5.91 Å². The van der Waals surface area contributed by atoms with Gasteiger partial charge in [-0.3, -0.25) is 4.79 Å². The number of carbonyl (C=O) groups is 1. The third kappa shape index (κ3) is 2.85. The molecule has 1 amide bonds. The van der Waals surface area contributed by atoms with E-state index < -0.39 is 0 Å². The maximum Gasteiger partial charge on any atom is 0.226 e. The molecule has 0 aliphatic carbocycles. The van der Waals surface area contributed by atoms with Gasteiger partial charge in [-0.05, 0) is 24.6 Å². The zero-order valence-corrected chi connectivity index (χ0v) is 11.7. The SMILES string of the molecule is Cc1ccc2nc(NC(=O)CCc3cocn3)sc2c1. The minimum absolute atomic E-state index is 0.0659. The molecular weight excluding hydrogens is 274 g/mol. The number of nitrogens with one attached hydrogen (secondary N) is 1. The first kappa shape index (κ1) is 12.8. The third-order valence-electron chi connectivity index (χ3n) is 2.88. The summed E-state index contributed by atoms with van der Waals surface area (Å²) in [5.41, 5.74) is 2.87. The zero-order valence-electron chi connectivity index (χ0n) is 10.9. The van der Waals surface area contributed by atoms with E-state index in [0.717, 1.165) is 15.9 Å². The van der Waals surface area contributed by atoms with Crippen LogP contribution in [0.1, 0.15) is 17.7 Å². The fourth-order valence-corrected chi connectivity index (χ4v) is 2.85. The molecule has 20 heavy (non-hydrogen) atoms. The van der Waals surface area contributed by atoms with E-state index in [-0.39, 0.29) is 5.91 Å². The maximum atomic E-state index is 11.8. The lowest BCUT2D eigenvalue weighted by Crippen LogP contribution is -2.12. The number of anilines is 1. The number of amides is 1. The van der Waals surface area contributed by atoms with E-state index >= 15 is 0 Å². The number of rotatable bonds is 4. The maximum absolute atomic E-state index is 11.8. The predicted octanol–water partition coefficient (Wildman–Crippen LogP) is 3.16. The second kappa shape index (κ2) is 5.42. The van der Waals surface area contributed by atoms with Crippen LogP contribution >= 0.6 is 11.3 Å². The molecule has 5 nitrogen and oxygen atoms in total. The molecule has 3 rings (SSSR count). The number of thiazole rings is 1. The molecule has 0 radical (unpaired) electrons. The van der Waals surface area contributed by atoms with Gasteiger partial charge in [-0.2, -0.15) is 0 Å². The second-order valence-corrected chi connectivity index (χ2v) is 5.55. The van der Waals surface area contributed by atoms with Crippen LogP contribution in [0.15, 0.2) is 35.3 Å². The van der Waals surface area contributed by atoms with Gasteiger partial charge in [-0.1, -0.05) is 17.4 Å². The Balaban J connectivity index is 1.65. The molecule has 3 aromatic rings. The molecule has 1 N–H and O–H groups in total. The largest absolute Gasteiger partial charge is 0.451 e. The summed E-state index contributed by atoms with van der Waals surface area (Å²) in [6.45, 7) is 2.04. The van der Waals surface area contributed by atoms with Crippen molar-refractivity contribution in [2.24, 2.45) is 0 Å². The summed E-state index contributed by atoms with van der Waals surface area (Å²) in [5.74, 6) is -0.0659. The molecule has 2 aromatic heterocycles. The number of fused-ring (bicyclic) bond motifs is 1. The van der Waals surface area contributed by atoms with Crippen LogP contribution in [0, 0.1) is 6.92 Å². The average Bonchev–Trinajstić information content (AvgIpc) is 3.04. The van der Waals surface area contributed by atoms with Crippen LogP contribution in [-0.2, 0) is 11.2 Å². The number of benzene rings is 1. The molecule has 2 heterocycles. The van der Waals surface area contributed by atoms with Gasteiger partial charge in [0.1, 0.15) is 6.26 Å². The van der Waals surface area contributed by atoms with Gasteiger partial charge < -0.3 is 9.73 Å². The van der Waals surface area contributed by atoms with Crippen LogP contribution < -0.4 is 5.32 Å². The molecule has 1 aromatic carbocycles.